The van der Waals surface area contributed by atoms with Gasteiger partial charge in [0.15, 0.2) is 0 Å². The molecule has 1 aliphatic heterocycles. The zero-order chi connectivity index (χ0) is 15.6. The van der Waals surface area contributed by atoms with Crippen LogP contribution in [0.5, 0.6) is 0 Å². The first-order valence-corrected chi connectivity index (χ1v) is 7.83. The van der Waals surface area contributed by atoms with Crippen LogP contribution in [0.2, 0.25) is 0 Å². The number of fused-ring (bicyclic) bond motifs is 2. The van der Waals surface area contributed by atoms with Gasteiger partial charge < -0.3 is 5.32 Å². The highest BCUT2D eigenvalue weighted by Crippen LogP contribution is 2.42. The Morgan fingerprint density at radius 1 is 1.10 bits per heavy atom. The molecular formula is C20H29N. The molecule has 1 N–H and O–H groups in total. The molecule has 2 aliphatic rings. The van der Waals surface area contributed by atoms with E-state index in [9.17, 15) is 0 Å². The lowest BCUT2D eigenvalue weighted by atomic mass is 9.76. The molecule has 1 aromatic rings. The van der Waals surface area contributed by atoms with E-state index in [1.165, 1.54) is 38.8 Å². The summed E-state index contributed by atoms with van der Waals surface area (Å²) in [5.74, 6) is 0. The van der Waals surface area contributed by atoms with Crippen molar-refractivity contribution in [1.29, 1.82) is 0 Å². The van der Waals surface area contributed by atoms with Crippen LogP contribution in [0.3, 0.4) is 0 Å². The van der Waals surface area contributed by atoms with Gasteiger partial charge in [0, 0.05) is 12.0 Å². The van der Waals surface area contributed by atoms with Gasteiger partial charge in [-0.2, -0.15) is 0 Å². The Bertz CT molecular complexity index is 441. The number of nitrogens with one attached hydrogen (secondary N) is 1. The fourth-order valence-corrected chi connectivity index (χ4v) is 3.18. The molecule has 1 heterocycles. The van der Waals surface area contributed by atoms with Gasteiger partial charge >= 0.3 is 0 Å². The third kappa shape index (κ3) is 4.71. The van der Waals surface area contributed by atoms with E-state index in [0.717, 1.165) is 0 Å². The number of allylic oxidation sites excluding steroid dienone is 3. The lowest BCUT2D eigenvalue weighted by Crippen LogP contribution is -2.41. The van der Waals surface area contributed by atoms with Gasteiger partial charge in [-0.05, 0) is 50.3 Å². The predicted molar refractivity (Wildman–Crippen MR) is 94.8 cm³/mol. The third-order valence-electron chi connectivity index (χ3n) is 4.10. The second kappa shape index (κ2) is 9.36. The Hall–Kier alpha value is -1.60. The van der Waals surface area contributed by atoms with E-state index in [2.05, 4.69) is 49.3 Å². The third-order valence-corrected chi connectivity index (χ3v) is 4.10. The van der Waals surface area contributed by atoms with Crippen molar-refractivity contribution in [2.45, 2.75) is 38.0 Å². The van der Waals surface area contributed by atoms with Crippen molar-refractivity contribution < 1.29 is 0 Å². The highest BCUT2D eigenvalue weighted by molar-refractivity contribution is 5.40. The highest BCUT2D eigenvalue weighted by Gasteiger charge is 2.38. The SMILES string of the molecule is C=CC.C=CC=C.c1ccc2c(c1)CCC21CCCNC1. The Morgan fingerprint density at radius 3 is 2.33 bits per heavy atom. The Morgan fingerprint density at radius 2 is 1.76 bits per heavy atom. The molecule has 0 amide bonds. The summed E-state index contributed by atoms with van der Waals surface area (Å²) in [4.78, 5) is 0. The molecule has 1 aliphatic carbocycles. The summed E-state index contributed by atoms with van der Waals surface area (Å²) in [5, 5.41) is 3.56. The average molecular weight is 283 g/mol. The van der Waals surface area contributed by atoms with Gasteiger partial charge in [0.05, 0.1) is 0 Å². The van der Waals surface area contributed by atoms with E-state index in [1.807, 2.05) is 6.92 Å². The molecule has 1 fully saturated rings. The molecule has 21 heavy (non-hydrogen) atoms. The Kier molecular flexibility index (Phi) is 7.78. The van der Waals surface area contributed by atoms with Crippen molar-refractivity contribution in [2.24, 2.45) is 0 Å². The Balaban J connectivity index is 0.000000270. The van der Waals surface area contributed by atoms with Crippen molar-refractivity contribution in [1.82, 2.24) is 5.32 Å². The maximum absolute atomic E-state index is 3.56. The number of aryl methyl sites for hydroxylation is 1. The van der Waals surface area contributed by atoms with Gasteiger partial charge in [-0.1, -0.05) is 55.7 Å². The van der Waals surface area contributed by atoms with Crippen molar-refractivity contribution >= 4 is 0 Å². The maximum atomic E-state index is 3.56. The van der Waals surface area contributed by atoms with Crippen molar-refractivity contribution in [3.63, 3.8) is 0 Å². The largest absolute Gasteiger partial charge is 0.316 e. The number of rotatable bonds is 1. The van der Waals surface area contributed by atoms with Gasteiger partial charge in [0.25, 0.3) is 0 Å². The van der Waals surface area contributed by atoms with Crippen LogP contribution in [0.15, 0.2) is 62.2 Å². The number of benzene rings is 1. The molecule has 1 unspecified atom stereocenters. The summed E-state index contributed by atoms with van der Waals surface area (Å²) in [5.41, 5.74) is 3.72. The lowest BCUT2D eigenvalue weighted by molar-refractivity contribution is 0.311. The molecule has 0 saturated carbocycles. The quantitative estimate of drug-likeness (QED) is 0.576. The van der Waals surface area contributed by atoms with E-state index < -0.39 is 0 Å². The molecule has 1 nitrogen and oxygen atoms in total. The fraction of sp³-hybridized carbons (Fsp3) is 0.400. The van der Waals surface area contributed by atoms with Crippen molar-refractivity contribution in [2.75, 3.05) is 13.1 Å². The van der Waals surface area contributed by atoms with Crippen LogP contribution in [0, 0.1) is 0 Å². The first-order valence-electron chi connectivity index (χ1n) is 7.83. The van der Waals surface area contributed by atoms with Crippen molar-refractivity contribution in [3.8, 4) is 0 Å². The zero-order valence-corrected chi connectivity index (χ0v) is 13.4. The topological polar surface area (TPSA) is 12.0 Å². The zero-order valence-electron chi connectivity index (χ0n) is 13.4. The summed E-state index contributed by atoms with van der Waals surface area (Å²) in [7, 11) is 0. The minimum atomic E-state index is 0.495. The number of piperidine rings is 1. The summed E-state index contributed by atoms with van der Waals surface area (Å²) in [6.07, 6.45) is 10.4. The number of hydrogen-bond donors (Lipinski definition) is 1. The van der Waals surface area contributed by atoms with Crippen LogP contribution in [0.25, 0.3) is 0 Å². The molecule has 0 aromatic heterocycles. The van der Waals surface area contributed by atoms with Gasteiger partial charge in [0.2, 0.25) is 0 Å². The van der Waals surface area contributed by atoms with E-state index in [0.29, 0.717) is 5.41 Å². The van der Waals surface area contributed by atoms with Crippen LogP contribution < -0.4 is 5.32 Å². The van der Waals surface area contributed by atoms with E-state index >= 15 is 0 Å². The Labute approximate surface area is 130 Å². The van der Waals surface area contributed by atoms with Gasteiger partial charge in [-0.3, -0.25) is 0 Å². The minimum Gasteiger partial charge on any atom is -0.316 e. The van der Waals surface area contributed by atoms with E-state index in [1.54, 1.807) is 29.4 Å². The van der Waals surface area contributed by atoms with Crippen molar-refractivity contribution in [3.05, 3.63) is 73.4 Å². The van der Waals surface area contributed by atoms with Gasteiger partial charge in [-0.25, -0.2) is 0 Å². The molecule has 0 radical (unpaired) electrons. The molecule has 3 rings (SSSR count). The van der Waals surface area contributed by atoms with Crippen LogP contribution >= 0.6 is 0 Å². The minimum absolute atomic E-state index is 0.495. The summed E-state index contributed by atoms with van der Waals surface area (Å²) in [6, 6.07) is 9.02. The van der Waals surface area contributed by atoms with Gasteiger partial charge in [-0.15, -0.1) is 6.58 Å². The maximum Gasteiger partial charge on any atom is 0.00841 e. The standard InChI is InChI=1S/C13H17N.C4H6.C3H6/c1-2-5-12-11(4-1)6-8-13(12)7-3-9-14-10-13;1-3-4-2;1-3-2/h1-2,4-5,14H,3,6-10H2;3-4H,1-2H2;3H,1H2,2H3. The second-order valence-corrected chi connectivity index (χ2v) is 5.60. The molecule has 114 valence electrons. The molecular weight excluding hydrogens is 254 g/mol. The van der Waals surface area contributed by atoms with Crippen LogP contribution in [-0.2, 0) is 11.8 Å². The van der Waals surface area contributed by atoms with E-state index in [-0.39, 0.29) is 0 Å². The first-order chi connectivity index (χ1) is 10.2. The first kappa shape index (κ1) is 17.5. The summed E-state index contributed by atoms with van der Waals surface area (Å²) < 4.78 is 0. The second-order valence-electron chi connectivity index (χ2n) is 5.60. The van der Waals surface area contributed by atoms with E-state index in [4.69, 9.17) is 0 Å². The normalized spacial score (nSPS) is 22.0. The molecule has 1 spiro atoms. The molecule has 1 heteroatoms. The summed E-state index contributed by atoms with van der Waals surface area (Å²) in [6.45, 7) is 14.4. The predicted octanol–water partition coefficient (Wildman–Crippen LogP) is 4.80. The average Bonchev–Trinajstić information content (AvgIpc) is 2.88. The number of hydrogen-bond acceptors (Lipinski definition) is 1. The molecule has 0 bridgehead atoms. The van der Waals surface area contributed by atoms with Crippen LogP contribution in [0.4, 0.5) is 0 Å². The van der Waals surface area contributed by atoms with Crippen LogP contribution in [0.1, 0.15) is 37.3 Å². The van der Waals surface area contributed by atoms with Crippen LogP contribution in [-0.4, -0.2) is 13.1 Å². The smallest absolute Gasteiger partial charge is 0.00841 e. The molecule has 1 saturated heterocycles. The van der Waals surface area contributed by atoms with Gasteiger partial charge in [0.1, 0.15) is 0 Å². The highest BCUT2D eigenvalue weighted by atomic mass is 14.9. The molecule has 1 atom stereocenters. The fourth-order valence-electron chi connectivity index (χ4n) is 3.18. The summed E-state index contributed by atoms with van der Waals surface area (Å²) >= 11 is 0. The molecule has 1 aromatic carbocycles. The lowest BCUT2D eigenvalue weighted by Gasteiger charge is -2.35. The monoisotopic (exact) mass is 283 g/mol.